The Kier molecular flexibility index (Phi) is 6.55. The van der Waals surface area contributed by atoms with Crippen molar-refractivity contribution in [1.29, 1.82) is 0 Å². The van der Waals surface area contributed by atoms with Crippen LogP contribution >= 0.6 is 11.3 Å². The molecule has 0 bridgehead atoms. The molecule has 7 nitrogen and oxygen atoms in total. The smallest absolute Gasteiger partial charge is 0.276 e. The molecule has 6 rings (SSSR count). The molecule has 1 saturated heterocycles. The normalized spacial score (nSPS) is 18.7. The van der Waals surface area contributed by atoms with Crippen molar-refractivity contribution in [3.8, 4) is 16.3 Å². The average molecular weight is 532 g/mol. The van der Waals surface area contributed by atoms with Crippen LogP contribution in [-0.2, 0) is 24.3 Å². The van der Waals surface area contributed by atoms with Gasteiger partial charge in [0.15, 0.2) is 17.7 Å². The predicted molar refractivity (Wildman–Crippen MR) is 142 cm³/mol. The number of carbonyl (C=O) groups is 1. The Labute approximate surface area is 223 Å². The maximum absolute atomic E-state index is 13.8. The lowest BCUT2D eigenvalue weighted by Crippen LogP contribution is -2.57. The van der Waals surface area contributed by atoms with Gasteiger partial charge >= 0.3 is 0 Å². The molecule has 2 aromatic heterocycles. The van der Waals surface area contributed by atoms with E-state index in [1.165, 1.54) is 23.5 Å². The van der Waals surface area contributed by atoms with E-state index >= 15 is 0 Å². The lowest BCUT2D eigenvalue weighted by atomic mass is 10.1. The minimum atomic E-state index is -0.401. The highest BCUT2D eigenvalue weighted by atomic mass is 32.1. The Morgan fingerprint density at radius 1 is 1.11 bits per heavy atom. The zero-order valence-corrected chi connectivity index (χ0v) is 21.6. The Balaban J connectivity index is 1.40. The molecule has 1 unspecified atom stereocenters. The number of hydrogen-bond acceptors (Lipinski definition) is 6. The van der Waals surface area contributed by atoms with Crippen LogP contribution < -0.4 is 10.2 Å². The number of carbonyl (C=O) groups excluding carboxylic acids is 1. The van der Waals surface area contributed by atoms with Crippen LogP contribution in [0.2, 0.25) is 0 Å². The fourth-order valence-corrected chi connectivity index (χ4v) is 5.93. The molecule has 4 heterocycles. The summed E-state index contributed by atoms with van der Waals surface area (Å²) in [5.41, 5.74) is 2.09. The molecule has 0 spiro atoms. The van der Waals surface area contributed by atoms with Crippen molar-refractivity contribution in [3.63, 3.8) is 0 Å². The number of aromatic nitrogens is 2. The van der Waals surface area contributed by atoms with Gasteiger partial charge in [-0.05, 0) is 36.6 Å². The lowest BCUT2D eigenvalue weighted by Gasteiger charge is -2.44. The quantitative estimate of drug-likeness (QED) is 0.355. The van der Waals surface area contributed by atoms with Crippen molar-refractivity contribution in [2.24, 2.45) is 0 Å². The summed E-state index contributed by atoms with van der Waals surface area (Å²) in [5.74, 6) is -0.521. The van der Waals surface area contributed by atoms with E-state index < -0.39 is 6.23 Å². The highest BCUT2D eigenvalue weighted by molar-refractivity contribution is 7.15. The maximum atomic E-state index is 13.8. The average Bonchev–Trinajstić information content (AvgIpc) is 3.38. The second-order valence-electron chi connectivity index (χ2n) is 9.59. The van der Waals surface area contributed by atoms with Gasteiger partial charge in [-0.15, -0.1) is 11.3 Å². The second kappa shape index (κ2) is 10.2. The van der Waals surface area contributed by atoms with E-state index in [0.29, 0.717) is 30.1 Å². The predicted octanol–water partition coefficient (Wildman–Crippen LogP) is 4.87. The third-order valence-electron chi connectivity index (χ3n) is 6.96. The first-order valence-corrected chi connectivity index (χ1v) is 13.4. The van der Waals surface area contributed by atoms with Gasteiger partial charge in [0.1, 0.15) is 17.4 Å². The number of thiazole rings is 1. The number of amides is 1. The number of fused-ring (bicyclic) bond motifs is 2. The first-order valence-electron chi connectivity index (χ1n) is 12.6. The first kappa shape index (κ1) is 24.5. The van der Waals surface area contributed by atoms with Gasteiger partial charge in [-0.3, -0.25) is 9.59 Å². The Morgan fingerprint density at radius 3 is 2.68 bits per heavy atom. The largest absolute Gasteiger partial charge is 0.483 e. The molecule has 2 aromatic carbocycles. The molecule has 0 radical (unpaired) electrons. The standard InChI is InChI=1S/C29H26FN3O4S/c1-18-11-12-36-24-16-32-15-23(28-31-14-22(38-28)13-19-7-9-21(30)10-8-19)26(34)27(25(32)29(35)33(18)24)37-17-20-5-3-2-4-6-20/h2-10,14-15,18,24H,11-13,16-17H2,1H3/t18-,24?/m1/s1. The highest BCUT2D eigenvalue weighted by Crippen LogP contribution is 2.33. The van der Waals surface area contributed by atoms with Gasteiger partial charge < -0.3 is 18.9 Å². The Bertz CT molecular complexity index is 1530. The summed E-state index contributed by atoms with van der Waals surface area (Å²) in [7, 11) is 0. The Morgan fingerprint density at radius 2 is 1.89 bits per heavy atom. The second-order valence-corrected chi connectivity index (χ2v) is 10.7. The summed E-state index contributed by atoms with van der Waals surface area (Å²) < 4.78 is 27.1. The molecule has 2 aliphatic heterocycles. The Hall–Kier alpha value is -3.82. The molecule has 194 valence electrons. The van der Waals surface area contributed by atoms with E-state index in [-0.39, 0.29) is 41.2 Å². The number of rotatable bonds is 6. The van der Waals surface area contributed by atoms with E-state index in [1.807, 2.05) is 37.3 Å². The van der Waals surface area contributed by atoms with Crippen LogP contribution in [0.15, 0.2) is 71.8 Å². The topological polar surface area (TPSA) is 73.7 Å². The molecular formula is C29H26FN3O4S. The third-order valence-corrected chi connectivity index (χ3v) is 7.99. The van der Waals surface area contributed by atoms with Crippen LogP contribution in [0.1, 0.15) is 39.8 Å². The summed E-state index contributed by atoms with van der Waals surface area (Å²) in [4.78, 5) is 34.7. The van der Waals surface area contributed by atoms with Crippen molar-refractivity contribution < 1.29 is 18.7 Å². The molecule has 1 amide bonds. The van der Waals surface area contributed by atoms with E-state index in [4.69, 9.17) is 9.47 Å². The van der Waals surface area contributed by atoms with Crippen molar-refractivity contribution in [3.05, 3.63) is 105 Å². The summed E-state index contributed by atoms with van der Waals surface area (Å²) in [5, 5.41) is 0.541. The van der Waals surface area contributed by atoms with E-state index in [9.17, 15) is 14.0 Å². The summed E-state index contributed by atoms with van der Waals surface area (Å²) in [6.45, 7) is 3.13. The zero-order chi connectivity index (χ0) is 26.2. The number of nitrogens with zero attached hydrogens (tertiary/aromatic N) is 3. The summed E-state index contributed by atoms with van der Waals surface area (Å²) >= 11 is 1.40. The summed E-state index contributed by atoms with van der Waals surface area (Å²) in [6, 6.07) is 15.9. The molecule has 0 aliphatic carbocycles. The highest BCUT2D eigenvalue weighted by Gasteiger charge is 2.41. The number of hydrogen-bond donors (Lipinski definition) is 0. The van der Waals surface area contributed by atoms with E-state index in [1.54, 1.807) is 34.0 Å². The fourth-order valence-electron chi connectivity index (χ4n) is 4.98. The van der Waals surface area contributed by atoms with E-state index in [2.05, 4.69) is 4.98 Å². The van der Waals surface area contributed by atoms with Crippen molar-refractivity contribution in [1.82, 2.24) is 14.5 Å². The molecular weight excluding hydrogens is 505 g/mol. The zero-order valence-electron chi connectivity index (χ0n) is 20.8. The molecule has 1 fully saturated rings. The van der Waals surface area contributed by atoms with Crippen LogP contribution in [0.4, 0.5) is 4.39 Å². The maximum Gasteiger partial charge on any atom is 0.276 e. The minimum Gasteiger partial charge on any atom is -0.483 e. The van der Waals surface area contributed by atoms with Crippen molar-refractivity contribution in [2.75, 3.05) is 6.61 Å². The number of benzene rings is 2. The minimum absolute atomic E-state index is 0.000246. The number of ether oxygens (including phenoxy) is 2. The van der Waals surface area contributed by atoms with Gasteiger partial charge in [0.25, 0.3) is 5.91 Å². The molecule has 0 saturated carbocycles. The molecule has 2 atom stereocenters. The van der Waals surface area contributed by atoms with Gasteiger partial charge in [-0.25, -0.2) is 9.37 Å². The molecule has 2 aliphatic rings. The summed E-state index contributed by atoms with van der Waals surface area (Å²) in [6.07, 6.45) is 4.34. The van der Waals surface area contributed by atoms with Crippen LogP contribution in [0, 0.1) is 5.82 Å². The van der Waals surface area contributed by atoms with E-state index in [0.717, 1.165) is 22.4 Å². The van der Waals surface area contributed by atoms with Gasteiger partial charge in [-0.1, -0.05) is 42.5 Å². The lowest BCUT2D eigenvalue weighted by molar-refractivity contribution is -0.112. The SMILES string of the molecule is C[C@@H]1CCOC2Cn3cc(-c4ncc(Cc5ccc(F)cc5)s4)c(=O)c(OCc4ccccc4)c3C(=O)N21. The number of halogens is 1. The molecule has 0 N–H and O–H groups in total. The van der Waals surface area contributed by atoms with Gasteiger partial charge in [0, 0.05) is 29.7 Å². The third kappa shape index (κ3) is 4.63. The van der Waals surface area contributed by atoms with Crippen LogP contribution in [-0.4, -0.2) is 39.2 Å². The number of pyridine rings is 1. The molecule has 38 heavy (non-hydrogen) atoms. The van der Waals surface area contributed by atoms with Crippen LogP contribution in [0.25, 0.3) is 10.6 Å². The van der Waals surface area contributed by atoms with Crippen molar-refractivity contribution in [2.45, 2.75) is 45.2 Å². The van der Waals surface area contributed by atoms with Crippen LogP contribution in [0.3, 0.4) is 0 Å². The van der Waals surface area contributed by atoms with Crippen molar-refractivity contribution >= 4 is 17.2 Å². The van der Waals surface area contributed by atoms with Gasteiger partial charge in [0.2, 0.25) is 5.43 Å². The monoisotopic (exact) mass is 531 g/mol. The van der Waals surface area contributed by atoms with Crippen LogP contribution in [0.5, 0.6) is 5.75 Å². The van der Waals surface area contributed by atoms with Gasteiger partial charge in [0.05, 0.1) is 18.7 Å². The first-order chi connectivity index (χ1) is 18.5. The molecule has 9 heteroatoms. The van der Waals surface area contributed by atoms with Gasteiger partial charge in [-0.2, -0.15) is 0 Å². The fraction of sp³-hybridized carbons (Fsp3) is 0.276. The molecule has 4 aromatic rings.